The highest BCUT2D eigenvalue weighted by Crippen LogP contribution is 2.07. The lowest BCUT2D eigenvalue weighted by molar-refractivity contribution is -0.139. The average molecular weight is 303 g/mol. The Kier molecular flexibility index (Phi) is 5.81. The van der Waals surface area contributed by atoms with Gasteiger partial charge in [-0.3, -0.25) is 14.9 Å². The predicted octanol–water partition coefficient (Wildman–Crippen LogP) is -0.751. The van der Waals surface area contributed by atoms with Gasteiger partial charge in [-0.1, -0.05) is 0 Å². The third-order valence-electron chi connectivity index (χ3n) is 2.89. The van der Waals surface area contributed by atoms with Gasteiger partial charge in [0.15, 0.2) is 0 Å². The van der Waals surface area contributed by atoms with E-state index in [1.165, 1.54) is 18.7 Å². The molecule has 1 aliphatic heterocycles. The summed E-state index contributed by atoms with van der Waals surface area (Å²) in [5.41, 5.74) is 0. The van der Waals surface area contributed by atoms with Gasteiger partial charge in [-0.2, -0.15) is 11.8 Å². The molecule has 0 aliphatic carbocycles. The smallest absolute Gasteiger partial charge is 0.326 e. The Bertz CT molecular complexity index is 428. The molecule has 1 fully saturated rings. The molecule has 20 heavy (non-hydrogen) atoms. The summed E-state index contributed by atoms with van der Waals surface area (Å²) < 4.78 is 0. The van der Waals surface area contributed by atoms with Crippen molar-refractivity contribution in [3.8, 4) is 0 Å². The molecule has 1 unspecified atom stereocenters. The van der Waals surface area contributed by atoms with Crippen LogP contribution in [0.1, 0.15) is 13.3 Å². The minimum atomic E-state index is -1.15. The van der Waals surface area contributed by atoms with E-state index in [9.17, 15) is 19.2 Å². The molecule has 9 heteroatoms. The first-order valence-corrected chi connectivity index (χ1v) is 7.38. The van der Waals surface area contributed by atoms with Crippen molar-refractivity contribution in [2.75, 3.05) is 18.6 Å². The van der Waals surface area contributed by atoms with Crippen LogP contribution in [-0.2, 0) is 14.4 Å². The summed E-state index contributed by atoms with van der Waals surface area (Å²) >= 11 is 1.46. The maximum Gasteiger partial charge on any atom is 0.326 e. The molecule has 1 heterocycles. The number of carboxylic acid groups (broad SMARTS) is 1. The van der Waals surface area contributed by atoms with E-state index in [-0.39, 0.29) is 13.0 Å². The fourth-order valence-corrected chi connectivity index (χ4v) is 2.16. The van der Waals surface area contributed by atoms with Gasteiger partial charge in [0.05, 0.1) is 0 Å². The van der Waals surface area contributed by atoms with Crippen LogP contribution in [0.15, 0.2) is 0 Å². The minimum Gasteiger partial charge on any atom is -0.480 e. The number of thioether (sulfide) groups is 1. The van der Waals surface area contributed by atoms with Crippen LogP contribution in [0.5, 0.6) is 0 Å². The number of carbonyl (C=O) groups excluding carboxylic acids is 3. The highest BCUT2D eigenvalue weighted by atomic mass is 32.2. The SMILES string of the molecule is CSCC[C@@H](NC(=O)N1CC(=O)NC(=O)C1C)C(=O)O. The van der Waals surface area contributed by atoms with Crippen LogP contribution in [0.3, 0.4) is 0 Å². The lowest BCUT2D eigenvalue weighted by Gasteiger charge is -2.32. The fourth-order valence-electron chi connectivity index (χ4n) is 1.69. The second kappa shape index (κ2) is 7.13. The zero-order valence-electron chi connectivity index (χ0n) is 11.2. The van der Waals surface area contributed by atoms with Crippen LogP contribution < -0.4 is 10.6 Å². The second-order valence-electron chi connectivity index (χ2n) is 4.34. The first kappa shape index (κ1) is 16.3. The van der Waals surface area contributed by atoms with Crippen LogP contribution in [0.2, 0.25) is 0 Å². The Morgan fingerprint density at radius 2 is 2.20 bits per heavy atom. The number of piperazine rings is 1. The number of imide groups is 1. The van der Waals surface area contributed by atoms with E-state index in [0.717, 1.165) is 4.90 Å². The number of rotatable bonds is 5. The lowest BCUT2D eigenvalue weighted by atomic mass is 10.2. The Morgan fingerprint density at radius 1 is 1.55 bits per heavy atom. The number of nitrogens with one attached hydrogen (secondary N) is 2. The van der Waals surface area contributed by atoms with Gasteiger partial charge in [0.1, 0.15) is 18.6 Å². The standard InChI is InChI=1S/C11H17N3O5S/c1-6-9(16)13-8(15)5-14(6)11(19)12-7(10(17)18)3-4-20-2/h6-7H,3-5H2,1-2H3,(H,12,19)(H,17,18)(H,13,15,16)/t6?,7-/m1/s1. The molecule has 0 bridgehead atoms. The van der Waals surface area contributed by atoms with E-state index in [2.05, 4.69) is 10.6 Å². The molecule has 0 aromatic rings. The largest absolute Gasteiger partial charge is 0.480 e. The number of hydrogen-bond donors (Lipinski definition) is 3. The van der Waals surface area contributed by atoms with Gasteiger partial charge in [0.2, 0.25) is 11.8 Å². The Labute approximate surface area is 120 Å². The highest BCUT2D eigenvalue weighted by Gasteiger charge is 2.35. The third kappa shape index (κ3) is 4.12. The van der Waals surface area contributed by atoms with Crippen molar-refractivity contribution in [2.45, 2.75) is 25.4 Å². The quantitative estimate of drug-likeness (QED) is 0.576. The highest BCUT2D eigenvalue weighted by molar-refractivity contribution is 7.98. The van der Waals surface area contributed by atoms with Gasteiger partial charge >= 0.3 is 12.0 Å². The van der Waals surface area contributed by atoms with Gasteiger partial charge in [0, 0.05) is 0 Å². The summed E-state index contributed by atoms with van der Waals surface area (Å²) in [4.78, 5) is 46.7. The van der Waals surface area contributed by atoms with Crippen molar-refractivity contribution >= 4 is 35.6 Å². The number of amides is 4. The molecule has 112 valence electrons. The summed E-state index contributed by atoms with van der Waals surface area (Å²) in [6.07, 6.45) is 2.10. The van der Waals surface area contributed by atoms with Crippen molar-refractivity contribution in [1.29, 1.82) is 0 Å². The van der Waals surface area contributed by atoms with Crippen molar-refractivity contribution < 1.29 is 24.3 Å². The van der Waals surface area contributed by atoms with Crippen LogP contribution in [0.25, 0.3) is 0 Å². The van der Waals surface area contributed by atoms with Gasteiger partial charge in [-0.25, -0.2) is 9.59 Å². The van der Waals surface area contributed by atoms with Crippen molar-refractivity contribution in [3.63, 3.8) is 0 Å². The normalized spacial score (nSPS) is 20.3. The van der Waals surface area contributed by atoms with E-state index in [1.54, 1.807) is 0 Å². The van der Waals surface area contributed by atoms with Gasteiger partial charge < -0.3 is 15.3 Å². The molecule has 1 saturated heterocycles. The molecule has 1 aliphatic rings. The summed E-state index contributed by atoms with van der Waals surface area (Å²) in [5.74, 6) is -1.73. The maximum absolute atomic E-state index is 12.0. The first-order chi connectivity index (χ1) is 9.36. The molecule has 0 saturated carbocycles. The Hall–Kier alpha value is -1.77. The Balaban J connectivity index is 2.69. The van der Waals surface area contributed by atoms with Crippen molar-refractivity contribution in [1.82, 2.24) is 15.5 Å². The molecular weight excluding hydrogens is 286 g/mol. The third-order valence-corrected chi connectivity index (χ3v) is 3.53. The molecule has 0 aromatic heterocycles. The maximum atomic E-state index is 12.0. The average Bonchev–Trinajstić information content (AvgIpc) is 2.38. The Morgan fingerprint density at radius 3 is 2.75 bits per heavy atom. The van der Waals surface area contributed by atoms with E-state index in [0.29, 0.717) is 5.75 Å². The summed E-state index contributed by atoms with van der Waals surface area (Å²) in [5, 5.41) is 13.5. The summed E-state index contributed by atoms with van der Waals surface area (Å²) in [7, 11) is 0. The topological polar surface area (TPSA) is 116 Å². The summed E-state index contributed by atoms with van der Waals surface area (Å²) in [6, 6.07) is -2.58. The molecule has 3 N–H and O–H groups in total. The minimum absolute atomic E-state index is 0.268. The van der Waals surface area contributed by atoms with E-state index < -0.39 is 35.9 Å². The van der Waals surface area contributed by atoms with Gasteiger partial charge in [-0.15, -0.1) is 0 Å². The predicted molar refractivity (Wildman–Crippen MR) is 72.3 cm³/mol. The fraction of sp³-hybridized carbons (Fsp3) is 0.636. The van der Waals surface area contributed by atoms with E-state index in [4.69, 9.17) is 5.11 Å². The molecule has 0 spiro atoms. The second-order valence-corrected chi connectivity index (χ2v) is 5.32. The number of nitrogens with zero attached hydrogens (tertiary/aromatic N) is 1. The lowest BCUT2D eigenvalue weighted by Crippen LogP contribution is -2.62. The van der Waals surface area contributed by atoms with Crippen molar-refractivity contribution in [3.05, 3.63) is 0 Å². The van der Waals surface area contributed by atoms with Crippen LogP contribution in [-0.4, -0.2) is 64.5 Å². The van der Waals surface area contributed by atoms with Gasteiger partial charge in [-0.05, 0) is 25.4 Å². The van der Waals surface area contributed by atoms with Crippen molar-refractivity contribution in [2.24, 2.45) is 0 Å². The molecule has 4 amide bonds. The van der Waals surface area contributed by atoms with Gasteiger partial charge in [0.25, 0.3) is 0 Å². The zero-order valence-corrected chi connectivity index (χ0v) is 12.0. The van der Waals surface area contributed by atoms with Crippen LogP contribution >= 0.6 is 11.8 Å². The molecular formula is C11H17N3O5S. The van der Waals surface area contributed by atoms with Crippen LogP contribution in [0.4, 0.5) is 4.79 Å². The van der Waals surface area contributed by atoms with Crippen LogP contribution in [0, 0.1) is 0 Å². The molecule has 1 rings (SSSR count). The number of urea groups is 1. The number of hydrogen-bond acceptors (Lipinski definition) is 5. The zero-order chi connectivity index (χ0) is 15.3. The van der Waals surface area contributed by atoms with E-state index >= 15 is 0 Å². The molecule has 2 atom stereocenters. The molecule has 8 nitrogen and oxygen atoms in total. The number of aliphatic carboxylic acids is 1. The van der Waals surface area contributed by atoms with E-state index in [1.807, 2.05) is 6.26 Å². The molecule has 0 aromatic carbocycles. The first-order valence-electron chi connectivity index (χ1n) is 5.99. The number of carbonyl (C=O) groups is 4. The number of carboxylic acids is 1. The molecule has 0 radical (unpaired) electrons. The summed E-state index contributed by atoms with van der Waals surface area (Å²) in [6.45, 7) is 1.20. The monoisotopic (exact) mass is 303 g/mol.